The van der Waals surface area contributed by atoms with Crippen molar-refractivity contribution in [3.05, 3.63) is 59.1 Å². The van der Waals surface area contributed by atoms with Crippen molar-refractivity contribution in [1.82, 2.24) is 25.4 Å². The normalized spacial score (nSPS) is 13.6. The summed E-state index contributed by atoms with van der Waals surface area (Å²) in [5, 5.41) is 13.5. The highest BCUT2D eigenvalue weighted by Crippen LogP contribution is 2.35. The van der Waals surface area contributed by atoms with Crippen LogP contribution in [-0.2, 0) is 11.0 Å². The SMILES string of the molecule is O=C(CSc1nnc(-c2ccccc2Cl)n1-c1cccc(C(F)(F)F)c1)NC(=O)NC1CC1. The summed E-state index contributed by atoms with van der Waals surface area (Å²) >= 11 is 7.22. The van der Waals surface area contributed by atoms with Gasteiger partial charge in [0.05, 0.1) is 22.0 Å². The Kier molecular flexibility index (Phi) is 6.61. The van der Waals surface area contributed by atoms with Crippen molar-refractivity contribution >= 4 is 35.3 Å². The molecule has 1 heterocycles. The molecule has 0 radical (unpaired) electrons. The van der Waals surface area contributed by atoms with Gasteiger partial charge in [0.15, 0.2) is 11.0 Å². The number of imide groups is 1. The van der Waals surface area contributed by atoms with Crippen LogP contribution < -0.4 is 10.6 Å². The lowest BCUT2D eigenvalue weighted by Crippen LogP contribution is -2.41. The summed E-state index contributed by atoms with van der Waals surface area (Å²) in [4.78, 5) is 23.9. The predicted molar refractivity (Wildman–Crippen MR) is 117 cm³/mol. The molecule has 1 aliphatic rings. The molecule has 172 valence electrons. The molecule has 1 aromatic heterocycles. The Balaban J connectivity index is 1.64. The summed E-state index contributed by atoms with van der Waals surface area (Å²) in [6, 6.07) is 10.9. The minimum atomic E-state index is -4.54. The van der Waals surface area contributed by atoms with E-state index in [2.05, 4.69) is 20.8 Å². The zero-order valence-electron chi connectivity index (χ0n) is 16.9. The van der Waals surface area contributed by atoms with E-state index in [1.54, 1.807) is 24.3 Å². The van der Waals surface area contributed by atoms with E-state index in [0.717, 1.165) is 36.7 Å². The first-order valence-corrected chi connectivity index (χ1v) is 11.2. The summed E-state index contributed by atoms with van der Waals surface area (Å²) in [5.74, 6) is -0.553. The maximum atomic E-state index is 13.3. The van der Waals surface area contributed by atoms with Gasteiger partial charge in [-0.3, -0.25) is 14.7 Å². The number of carbonyl (C=O) groups excluding carboxylic acids is 2. The van der Waals surface area contributed by atoms with Gasteiger partial charge in [-0.2, -0.15) is 13.2 Å². The van der Waals surface area contributed by atoms with Crippen LogP contribution >= 0.6 is 23.4 Å². The van der Waals surface area contributed by atoms with Crippen molar-refractivity contribution in [2.24, 2.45) is 0 Å². The molecule has 33 heavy (non-hydrogen) atoms. The largest absolute Gasteiger partial charge is 0.416 e. The lowest BCUT2D eigenvalue weighted by molar-refractivity contribution is -0.137. The molecule has 12 heteroatoms. The van der Waals surface area contributed by atoms with Crippen molar-refractivity contribution in [3.8, 4) is 17.1 Å². The number of urea groups is 1. The summed E-state index contributed by atoms with van der Waals surface area (Å²) in [6.07, 6.45) is -2.79. The molecule has 4 rings (SSSR count). The third-order valence-corrected chi connectivity index (χ3v) is 5.94. The summed E-state index contributed by atoms with van der Waals surface area (Å²) in [7, 11) is 0. The van der Waals surface area contributed by atoms with Crippen LogP contribution in [-0.4, -0.2) is 38.5 Å². The fourth-order valence-electron chi connectivity index (χ4n) is 2.98. The standard InChI is InChI=1S/C21H17ClF3N5O2S/c22-16-7-2-1-6-15(16)18-28-29-20(33-11-17(31)27-19(32)26-13-8-9-13)30(18)14-5-3-4-12(10-14)21(23,24)25/h1-7,10,13H,8-9,11H2,(H2,26,27,31,32). The van der Waals surface area contributed by atoms with Crippen molar-refractivity contribution in [1.29, 1.82) is 0 Å². The van der Waals surface area contributed by atoms with Crippen LogP contribution in [0.1, 0.15) is 18.4 Å². The topological polar surface area (TPSA) is 88.9 Å². The highest BCUT2D eigenvalue weighted by atomic mass is 35.5. The van der Waals surface area contributed by atoms with Gasteiger partial charge in [-0.15, -0.1) is 10.2 Å². The van der Waals surface area contributed by atoms with Gasteiger partial charge in [0.1, 0.15) is 0 Å². The van der Waals surface area contributed by atoms with Crippen LogP contribution in [0.5, 0.6) is 0 Å². The van der Waals surface area contributed by atoms with Gasteiger partial charge < -0.3 is 5.32 Å². The Morgan fingerprint density at radius 2 is 1.88 bits per heavy atom. The fraction of sp³-hybridized carbons (Fsp3) is 0.238. The molecule has 2 aromatic carbocycles. The van der Waals surface area contributed by atoms with Crippen LogP contribution in [0.3, 0.4) is 0 Å². The number of rotatable bonds is 6. The lowest BCUT2D eigenvalue weighted by Gasteiger charge is -2.13. The number of hydrogen-bond donors (Lipinski definition) is 2. The molecule has 0 spiro atoms. The van der Waals surface area contributed by atoms with Crippen molar-refractivity contribution in [3.63, 3.8) is 0 Å². The highest BCUT2D eigenvalue weighted by Gasteiger charge is 2.31. The average molecular weight is 496 g/mol. The number of nitrogens with one attached hydrogen (secondary N) is 2. The van der Waals surface area contributed by atoms with E-state index >= 15 is 0 Å². The Morgan fingerprint density at radius 1 is 1.12 bits per heavy atom. The Hall–Kier alpha value is -3.05. The number of aromatic nitrogens is 3. The summed E-state index contributed by atoms with van der Waals surface area (Å²) < 4.78 is 41.3. The van der Waals surface area contributed by atoms with Crippen molar-refractivity contribution < 1.29 is 22.8 Å². The quantitative estimate of drug-likeness (QED) is 0.484. The Morgan fingerprint density at radius 3 is 2.58 bits per heavy atom. The number of amides is 3. The molecule has 3 amide bonds. The number of hydrogen-bond acceptors (Lipinski definition) is 5. The first-order valence-electron chi connectivity index (χ1n) is 9.83. The van der Waals surface area contributed by atoms with Crippen molar-refractivity contribution in [2.45, 2.75) is 30.2 Å². The molecule has 1 aliphatic carbocycles. The maximum absolute atomic E-state index is 13.3. The third kappa shape index (κ3) is 5.66. The molecular weight excluding hydrogens is 479 g/mol. The summed E-state index contributed by atoms with van der Waals surface area (Å²) in [5.41, 5.74) is -0.229. The minimum Gasteiger partial charge on any atom is -0.335 e. The number of alkyl halides is 3. The fourth-order valence-corrected chi connectivity index (χ4v) is 3.95. The zero-order valence-corrected chi connectivity index (χ0v) is 18.5. The third-order valence-electron chi connectivity index (χ3n) is 4.68. The monoisotopic (exact) mass is 495 g/mol. The van der Waals surface area contributed by atoms with Crippen LogP contribution in [0.15, 0.2) is 53.7 Å². The lowest BCUT2D eigenvalue weighted by atomic mass is 10.1. The van der Waals surface area contributed by atoms with Gasteiger partial charge in [-0.25, -0.2) is 4.79 Å². The smallest absolute Gasteiger partial charge is 0.335 e. The van der Waals surface area contributed by atoms with E-state index in [-0.39, 0.29) is 28.5 Å². The van der Waals surface area contributed by atoms with Gasteiger partial charge in [0, 0.05) is 11.6 Å². The highest BCUT2D eigenvalue weighted by molar-refractivity contribution is 7.99. The first kappa shape index (κ1) is 23.1. The van der Waals surface area contributed by atoms with Gasteiger partial charge >= 0.3 is 12.2 Å². The second-order valence-corrected chi connectivity index (χ2v) is 8.60. The second kappa shape index (κ2) is 9.44. The van der Waals surface area contributed by atoms with E-state index in [0.29, 0.717) is 10.6 Å². The van der Waals surface area contributed by atoms with Crippen molar-refractivity contribution in [2.75, 3.05) is 5.75 Å². The molecule has 7 nitrogen and oxygen atoms in total. The molecule has 0 saturated heterocycles. The van der Waals surface area contributed by atoms with E-state index in [1.807, 2.05) is 0 Å². The molecular formula is C21H17ClF3N5O2S. The molecule has 1 saturated carbocycles. The number of nitrogens with zero attached hydrogens (tertiary/aromatic N) is 3. The molecule has 3 aromatic rings. The summed E-state index contributed by atoms with van der Waals surface area (Å²) in [6.45, 7) is 0. The molecule has 2 N–H and O–H groups in total. The van der Waals surface area contributed by atoms with Crippen LogP contribution in [0.4, 0.5) is 18.0 Å². The average Bonchev–Trinajstić information content (AvgIpc) is 3.47. The number of thioether (sulfide) groups is 1. The second-order valence-electron chi connectivity index (χ2n) is 7.25. The molecule has 0 aliphatic heterocycles. The maximum Gasteiger partial charge on any atom is 0.416 e. The predicted octanol–water partition coefficient (Wildman–Crippen LogP) is 4.69. The van der Waals surface area contributed by atoms with Gasteiger partial charge in [0.25, 0.3) is 0 Å². The van der Waals surface area contributed by atoms with Crippen LogP contribution in [0, 0.1) is 0 Å². The Labute approximate surface area is 195 Å². The molecule has 0 bridgehead atoms. The van der Waals surface area contributed by atoms with E-state index in [4.69, 9.17) is 11.6 Å². The number of halogens is 4. The zero-order chi connectivity index (χ0) is 23.6. The molecule has 0 atom stereocenters. The molecule has 1 fully saturated rings. The van der Waals surface area contributed by atoms with E-state index < -0.39 is 23.7 Å². The van der Waals surface area contributed by atoms with Crippen LogP contribution in [0.2, 0.25) is 5.02 Å². The Bertz CT molecular complexity index is 1200. The minimum absolute atomic E-state index is 0.0904. The first-order chi connectivity index (χ1) is 15.7. The molecule has 0 unspecified atom stereocenters. The van der Waals surface area contributed by atoms with Gasteiger partial charge in [-0.05, 0) is 43.2 Å². The van der Waals surface area contributed by atoms with Gasteiger partial charge in [0.2, 0.25) is 5.91 Å². The number of carbonyl (C=O) groups is 2. The van der Waals surface area contributed by atoms with Crippen LogP contribution in [0.25, 0.3) is 17.1 Å². The number of benzene rings is 2. The van der Waals surface area contributed by atoms with E-state index in [9.17, 15) is 22.8 Å². The van der Waals surface area contributed by atoms with E-state index in [1.165, 1.54) is 16.7 Å². The van der Waals surface area contributed by atoms with Gasteiger partial charge in [-0.1, -0.05) is 41.6 Å².